The number of likely N-dealkylation sites (N-methyl/N-ethyl adjacent to an activating group) is 7. The van der Waals surface area contributed by atoms with Gasteiger partial charge in [0.25, 0.3) is 0 Å². The first kappa shape index (κ1) is 87.8. The maximum absolute atomic E-state index is 15.7. The predicted molar refractivity (Wildman–Crippen MR) is 379 cm³/mol. The standard InChI is InChI=1S/C74H117F7N12O13/c1-17-44(6)60-68(103)87(12)39-58(96)88(13)51-24-22-21-23-31-92(67(51)102)54(35-45-27-29-73(77,78)30-28-45)66(101)86(11)38-56(94)82-50(26-25-46-33-48(75)59(49(76)34-46)74(79,80)81)64(99)93-37-43(5)32-52(93)63(98)84-72(41-71(7,8)42-72)70(105)91(16)61(47(18-2)19-3)69(104)90(15)53(65(100)85(9)10)36-57(95)89(14)55(40-106-20-4)62(97)83-60/h21-22,43-55,59-61H,17-20,23-42H2,1-16H3,(H,82,94)(H,83,97)(H,84,98)/b22-21-/t43-,44-,46?,48?,49?,50-,51-,52-,53-,54-,55-,59?,60-,61-/m0/s1. The molecule has 6 aliphatic rings. The monoisotopic (exact) mass is 1510 g/mol. The highest BCUT2D eigenvalue weighted by Gasteiger charge is 2.60. The molecule has 3 aliphatic heterocycles. The second kappa shape index (κ2) is 36.8. The number of rotatable bonds is 14. The molecule has 2 saturated heterocycles. The number of ether oxygens (including phenoxy) is 1. The largest absolute Gasteiger partial charge is 0.397 e. The highest BCUT2D eigenvalue weighted by atomic mass is 19.4. The van der Waals surface area contributed by atoms with Crippen molar-refractivity contribution in [1.82, 2.24) is 60.0 Å². The molecule has 3 N–H and O–H groups in total. The molecule has 32 heteroatoms. The highest BCUT2D eigenvalue weighted by Crippen LogP contribution is 2.50. The molecule has 3 heterocycles. The van der Waals surface area contributed by atoms with Crippen molar-refractivity contribution in [3.8, 4) is 0 Å². The van der Waals surface area contributed by atoms with Gasteiger partial charge in [-0.15, -0.1) is 0 Å². The van der Waals surface area contributed by atoms with Gasteiger partial charge in [-0.2, -0.15) is 13.2 Å². The van der Waals surface area contributed by atoms with Crippen LogP contribution in [-0.2, 0) is 62.3 Å². The molecule has 0 aromatic rings. The Morgan fingerprint density at radius 2 is 1.28 bits per heavy atom. The molecule has 6 rings (SSSR count). The lowest BCUT2D eigenvalue weighted by Crippen LogP contribution is -2.71. The Balaban J connectivity index is 1.49. The number of carbonyl (C=O) groups excluding carboxylic acids is 12. The number of hydrogen-bond acceptors (Lipinski definition) is 13. The topological polar surface area (TPSA) is 279 Å². The molecule has 600 valence electrons. The lowest BCUT2D eigenvalue weighted by Gasteiger charge is -2.54. The Morgan fingerprint density at radius 3 is 1.84 bits per heavy atom. The minimum absolute atomic E-state index is 0.00451. The van der Waals surface area contributed by atoms with Gasteiger partial charge in [0, 0.05) is 88.9 Å². The molecule has 3 aliphatic carbocycles. The summed E-state index contributed by atoms with van der Waals surface area (Å²) in [4.78, 5) is 191. The summed E-state index contributed by atoms with van der Waals surface area (Å²) < 4.78 is 108. The first-order valence-electron chi connectivity index (χ1n) is 37.6. The molecule has 0 aromatic carbocycles. The molecule has 12 amide bonds. The Labute approximate surface area is 619 Å². The first-order chi connectivity index (χ1) is 49.4. The summed E-state index contributed by atoms with van der Waals surface area (Å²) in [7, 11) is 10.7. The van der Waals surface area contributed by atoms with E-state index >= 15 is 37.5 Å². The maximum Gasteiger partial charge on any atom is 0.397 e. The molecular weight excluding hydrogens is 1400 g/mol. The van der Waals surface area contributed by atoms with Gasteiger partial charge in [-0.3, -0.25) is 57.5 Å². The van der Waals surface area contributed by atoms with Crippen LogP contribution < -0.4 is 16.0 Å². The number of hydrogen-bond donors (Lipinski definition) is 3. The Bertz CT molecular complexity index is 3170. The smallest absolute Gasteiger partial charge is 0.379 e. The van der Waals surface area contributed by atoms with Gasteiger partial charge in [-0.25, -0.2) is 17.6 Å². The molecular formula is C74H117F7N12O13. The summed E-state index contributed by atoms with van der Waals surface area (Å²) in [6.45, 7) is 12.1. The zero-order chi connectivity index (χ0) is 79.6. The Kier molecular flexibility index (Phi) is 30.5. The fraction of sp³-hybridized carbons (Fsp3) is 0.811. The van der Waals surface area contributed by atoms with Gasteiger partial charge in [0.15, 0.2) is 0 Å². The number of amides is 12. The summed E-state index contributed by atoms with van der Waals surface area (Å²) in [5.74, 6) is -18.7. The van der Waals surface area contributed by atoms with Gasteiger partial charge >= 0.3 is 6.18 Å². The molecule has 3 saturated carbocycles. The predicted octanol–water partition coefficient (Wildman–Crippen LogP) is 5.91. The number of nitrogens with zero attached hydrogens (tertiary/aromatic N) is 9. The van der Waals surface area contributed by atoms with Gasteiger partial charge in [0.2, 0.25) is 76.8 Å². The van der Waals surface area contributed by atoms with Crippen LogP contribution in [-0.4, -0.2) is 289 Å². The number of carbonyl (C=O) groups is 12. The minimum atomic E-state index is -5.20. The Morgan fingerprint density at radius 1 is 0.679 bits per heavy atom. The van der Waals surface area contributed by atoms with E-state index in [-0.39, 0.29) is 77.5 Å². The molecule has 0 aromatic heterocycles. The molecule has 5 fully saturated rings. The van der Waals surface area contributed by atoms with E-state index in [4.69, 9.17) is 4.74 Å². The van der Waals surface area contributed by atoms with Gasteiger partial charge in [-0.05, 0) is 119 Å². The normalized spacial score (nSPS) is 31.1. The molecule has 2 bridgehead atoms. The van der Waals surface area contributed by atoms with Crippen LogP contribution in [0.4, 0.5) is 30.7 Å². The van der Waals surface area contributed by atoms with Crippen LogP contribution in [0.25, 0.3) is 0 Å². The van der Waals surface area contributed by atoms with Crippen molar-refractivity contribution < 1.29 is 93.0 Å². The summed E-state index contributed by atoms with van der Waals surface area (Å²) in [5, 5.41) is 8.41. The zero-order valence-corrected chi connectivity index (χ0v) is 64.8. The van der Waals surface area contributed by atoms with Gasteiger partial charge in [0.05, 0.1) is 26.1 Å². The van der Waals surface area contributed by atoms with Crippen molar-refractivity contribution in [2.75, 3.05) is 95.8 Å². The molecule has 1 spiro atoms. The van der Waals surface area contributed by atoms with Crippen molar-refractivity contribution in [2.24, 2.45) is 40.9 Å². The van der Waals surface area contributed by atoms with E-state index in [0.29, 0.717) is 19.3 Å². The van der Waals surface area contributed by atoms with Crippen LogP contribution in [0.15, 0.2) is 12.2 Å². The van der Waals surface area contributed by atoms with E-state index in [9.17, 15) is 50.7 Å². The summed E-state index contributed by atoms with van der Waals surface area (Å²) in [6, 6.07) is -11.5. The summed E-state index contributed by atoms with van der Waals surface area (Å²) in [5.41, 5.74) is -2.33. The van der Waals surface area contributed by atoms with Crippen LogP contribution in [0.3, 0.4) is 0 Å². The number of halogens is 7. The quantitative estimate of drug-likeness (QED) is 0.135. The summed E-state index contributed by atoms with van der Waals surface area (Å²) >= 11 is 0. The second-order valence-corrected chi connectivity index (χ2v) is 31.9. The van der Waals surface area contributed by atoms with E-state index in [1.54, 1.807) is 53.7 Å². The second-order valence-electron chi connectivity index (χ2n) is 31.9. The molecule has 106 heavy (non-hydrogen) atoms. The van der Waals surface area contributed by atoms with Crippen molar-refractivity contribution in [3.05, 3.63) is 12.2 Å². The number of fused-ring (bicyclic) bond motifs is 3. The van der Waals surface area contributed by atoms with E-state index in [1.807, 2.05) is 13.8 Å². The Hall–Kier alpha value is -7.15. The molecule has 12 atom stereocenters. The van der Waals surface area contributed by atoms with Gasteiger partial charge < -0.3 is 64.8 Å². The van der Waals surface area contributed by atoms with E-state index in [1.165, 1.54) is 76.0 Å². The lowest BCUT2D eigenvalue weighted by atomic mass is 9.58. The molecule has 0 radical (unpaired) electrons. The zero-order valence-electron chi connectivity index (χ0n) is 64.8. The number of nitrogens with one attached hydrogen (secondary N) is 3. The van der Waals surface area contributed by atoms with Crippen molar-refractivity contribution >= 4 is 70.9 Å². The average Bonchev–Trinajstić information content (AvgIpc) is 0.907. The SMILES string of the molecule is CCOC[C@H]1C(=O)N[C@@H]([C@@H](C)CC)C(=O)N(C)CC(=O)N(C)[C@H]2C/C=C\CCN(C2=O)[C@@H](CC2CCC(F)(F)CC2)C(=O)N(C)CC(=O)N[C@@H](CCC2CC(F)C(C(F)(F)F)C(F)C2)C(=O)N2C[C@@H](C)C[C@H]2C(=O)NC2(CC(C)(C)C2)C(=O)N(C)[C@@H](C(CC)CC)C(=O)N(C)[C@H](C(=O)N(C)C)CC(=O)N1C. The molecule has 25 nitrogen and oxygen atoms in total. The first-order valence-corrected chi connectivity index (χ1v) is 37.6. The van der Waals surface area contributed by atoms with Crippen LogP contribution in [0.1, 0.15) is 171 Å². The van der Waals surface area contributed by atoms with Crippen LogP contribution in [0.5, 0.6) is 0 Å². The fourth-order valence-electron chi connectivity index (χ4n) is 16.6. The number of alkyl halides is 7. The minimum Gasteiger partial charge on any atom is -0.379 e. The maximum atomic E-state index is 15.7. The van der Waals surface area contributed by atoms with Crippen LogP contribution in [0, 0.1) is 40.9 Å². The fourth-order valence-corrected chi connectivity index (χ4v) is 16.6. The lowest BCUT2D eigenvalue weighted by molar-refractivity contribution is -0.219. The third-order valence-corrected chi connectivity index (χ3v) is 23.1. The van der Waals surface area contributed by atoms with Gasteiger partial charge in [-0.1, -0.05) is 79.9 Å². The van der Waals surface area contributed by atoms with Crippen molar-refractivity contribution in [1.29, 1.82) is 0 Å². The molecule has 2 unspecified atom stereocenters. The van der Waals surface area contributed by atoms with Crippen molar-refractivity contribution in [2.45, 2.75) is 249 Å². The third-order valence-electron chi connectivity index (χ3n) is 23.1. The van der Waals surface area contributed by atoms with E-state index in [2.05, 4.69) is 16.0 Å². The summed E-state index contributed by atoms with van der Waals surface area (Å²) in [6.07, 6.45) is -10.2. The van der Waals surface area contributed by atoms with E-state index < -0.39 is 248 Å². The highest BCUT2D eigenvalue weighted by molar-refractivity contribution is 6.01. The average molecular weight is 1520 g/mol. The van der Waals surface area contributed by atoms with Crippen LogP contribution in [0.2, 0.25) is 0 Å². The third kappa shape index (κ3) is 21.2. The van der Waals surface area contributed by atoms with E-state index in [0.717, 1.165) is 24.5 Å². The van der Waals surface area contributed by atoms with Crippen molar-refractivity contribution in [3.63, 3.8) is 0 Å². The van der Waals surface area contributed by atoms with Crippen LogP contribution >= 0.6 is 0 Å². The van der Waals surface area contributed by atoms with Gasteiger partial charge in [0.1, 0.15) is 72.1 Å².